The maximum atomic E-state index is 12.1. The number of nitrogens with zero attached hydrogens (tertiary/aromatic N) is 3. The van der Waals surface area contributed by atoms with Gasteiger partial charge < -0.3 is 14.6 Å². The van der Waals surface area contributed by atoms with Gasteiger partial charge in [0.05, 0.1) is 6.54 Å². The van der Waals surface area contributed by atoms with Gasteiger partial charge in [0.1, 0.15) is 5.52 Å². The topological polar surface area (TPSA) is 61.6 Å². The average molecular weight is 330 g/mol. The van der Waals surface area contributed by atoms with E-state index in [0.29, 0.717) is 6.54 Å². The van der Waals surface area contributed by atoms with Gasteiger partial charge in [-0.1, -0.05) is 13.0 Å². The highest BCUT2D eigenvalue weighted by Gasteiger charge is 2.22. The van der Waals surface area contributed by atoms with Crippen molar-refractivity contribution in [2.24, 2.45) is 0 Å². The monoisotopic (exact) mass is 330 g/mol. The van der Waals surface area contributed by atoms with Crippen molar-refractivity contribution in [2.45, 2.75) is 39.8 Å². The molecular formula is C18H26N4O2. The van der Waals surface area contributed by atoms with Crippen LogP contribution >= 0.6 is 0 Å². The standard InChI is InChI=1S/C18H26N4O2/c1-4-14(3)19-18(23)22-9-7-21(8-10-22)12-17-20-15-11-13(2)5-6-16(15)24-17/h5-6,11,14H,4,7-10,12H2,1-3H3,(H,19,23)/t14-/m0/s1. The van der Waals surface area contributed by atoms with Crippen LogP contribution in [-0.2, 0) is 6.54 Å². The molecule has 1 aromatic heterocycles. The van der Waals surface area contributed by atoms with Crippen molar-refractivity contribution in [2.75, 3.05) is 26.2 Å². The van der Waals surface area contributed by atoms with Crippen molar-refractivity contribution in [1.82, 2.24) is 20.1 Å². The summed E-state index contributed by atoms with van der Waals surface area (Å²) in [5.41, 5.74) is 2.93. The summed E-state index contributed by atoms with van der Waals surface area (Å²) in [4.78, 5) is 20.9. The fraction of sp³-hybridized carbons (Fsp3) is 0.556. The first-order valence-corrected chi connectivity index (χ1v) is 8.69. The molecular weight excluding hydrogens is 304 g/mol. The highest BCUT2D eigenvalue weighted by atomic mass is 16.3. The van der Waals surface area contributed by atoms with Crippen molar-refractivity contribution >= 4 is 17.1 Å². The second-order valence-electron chi connectivity index (χ2n) is 6.60. The summed E-state index contributed by atoms with van der Waals surface area (Å²) in [6.45, 7) is 10.0. The third kappa shape index (κ3) is 3.87. The van der Waals surface area contributed by atoms with E-state index in [2.05, 4.69) is 29.0 Å². The van der Waals surface area contributed by atoms with Gasteiger partial charge in [0.2, 0.25) is 5.89 Å². The SMILES string of the molecule is CC[C@H](C)NC(=O)N1CCN(Cc2nc3cc(C)ccc3o2)CC1. The quantitative estimate of drug-likeness (QED) is 0.936. The third-order valence-electron chi connectivity index (χ3n) is 4.59. The number of carbonyl (C=O) groups excluding carboxylic acids is 1. The molecule has 0 radical (unpaired) electrons. The van der Waals surface area contributed by atoms with E-state index < -0.39 is 0 Å². The summed E-state index contributed by atoms with van der Waals surface area (Å²) in [6.07, 6.45) is 0.947. The molecule has 6 nitrogen and oxygen atoms in total. The van der Waals surface area contributed by atoms with E-state index in [0.717, 1.165) is 49.6 Å². The molecule has 130 valence electrons. The number of urea groups is 1. The van der Waals surface area contributed by atoms with Crippen LogP contribution in [0, 0.1) is 6.92 Å². The van der Waals surface area contributed by atoms with Crippen LogP contribution in [0.15, 0.2) is 22.6 Å². The smallest absolute Gasteiger partial charge is 0.317 e. The van der Waals surface area contributed by atoms with Crippen molar-refractivity contribution in [3.8, 4) is 0 Å². The number of nitrogens with one attached hydrogen (secondary N) is 1. The second kappa shape index (κ2) is 7.21. The number of amides is 2. The van der Waals surface area contributed by atoms with Crippen molar-refractivity contribution in [3.63, 3.8) is 0 Å². The van der Waals surface area contributed by atoms with Gasteiger partial charge in [-0.25, -0.2) is 9.78 Å². The molecule has 24 heavy (non-hydrogen) atoms. The van der Waals surface area contributed by atoms with E-state index in [4.69, 9.17) is 4.42 Å². The first-order valence-electron chi connectivity index (χ1n) is 8.69. The fourth-order valence-electron chi connectivity index (χ4n) is 2.86. The number of benzene rings is 1. The van der Waals surface area contributed by atoms with Crippen LogP contribution in [0.2, 0.25) is 0 Å². The number of hydrogen-bond acceptors (Lipinski definition) is 4. The summed E-state index contributed by atoms with van der Waals surface area (Å²) in [5.74, 6) is 0.744. The lowest BCUT2D eigenvalue weighted by molar-refractivity contribution is 0.128. The minimum atomic E-state index is 0.0429. The second-order valence-corrected chi connectivity index (χ2v) is 6.60. The lowest BCUT2D eigenvalue weighted by atomic mass is 10.2. The predicted octanol–water partition coefficient (Wildman–Crippen LogP) is 2.76. The molecule has 0 saturated carbocycles. The number of rotatable bonds is 4. The van der Waals surface area contributed by atoms with Gasteiger partial charge in [-0.3, -0.25) is 4.90 Å². The molecule has 1 atom stereocenters. The Kier molecular flexibility index (Phi) is 5.04. The normalized spacial score (nSPS) is 17.2. The Labute approximate surface area is 142 Å². The maximum Gasteiger partial charge on any atom is 0.317 e. The van der Waals surface area contributed by atoms with Gasteiger partial charge in [-0.2, -0.15) is 0 Å². The van der Waals surface area contributed by atoms with Crippen molar-refractivity contribution in [1.29, 1.82) is 0 Å². The van der Waals surface area contributed by atoms with Gasteiger partial charge in [-0.05, 0) is 38.0 Å². The number of hydrogen-bond donors (Lipinski definition) is 1. The summed E-state index contributed by atoms with van der Waals surface area (Å²) in [6, 6.07) is 6.31. The van der Waals surface area contributed by atoms with Crippen LogP contribution in [0.3, 0.4) is 0 Å². The van der Waals surface area contributed by atoms with Crippen LogP contribution in [0.4, 0.5) is 4.79 Å². The zero-order valence-corrected chi connectivity index (χ0v) is 14.7. The molecule has 1 N–H and O–H groups in total. The van der Waals surface area contributed by atoms with Crippen LogP contribution in [0.25, 0.3) is 11.1 Å². The third-order valence-corrected chi connectivity index (χ3v) is 4.59. The Morgan fingerprint density at radius 1 is 1.33 bits per heavy atom. The van der Waals surface area contributed by atoms with Crippen LogP contribution in [0.5, 0.6) is 0 Å². The van der Waals surface area contributed by atoms with Crippen LogP contribution in [-0.4, -0.2) is 53.0 Å². The zero-order valence-electron chi connectivity index (χ0n) is 14.7. The molecule has 2 amide bonds. The molecule has 2 heterocycles. The number of fused-ring (bicyclic) bond motifs is 1. The minimum absolute atomic E-state index is 0.0429. The molecule has 6 heteroatoms. The van der Waals surface area contributed by atoms with Crippen LogP contribution < -0.4 is 5.32 Å². The Bertz CT molecular complexity index is 704. The van der Waals surface area contributed by atoms with Gasteiger partial charge >= 0.3 is 6.03 Å². The molecule has 1 aliphatic heterocycles. The van der Waals surface area contributed by atoms with Gasteiger partial charge in [0, 0.05) is 32.2 Å². The van der Waals surface area contributed by atoms with Crippen molar-refractivity contribution < 1.29 is 9.21 Å². The van der Waals surface area contributed by atoms with Gasteiger partial charge in [0.15, 0.2) is 5.58 Å². The molecule has 2 aromatic rings. The number of aromatic nitrogens is 1. The van der Waals surface area contributed by atoms with E-state index in [9.17, 15) is 4.79 Å². The Morgan fingerprint density at radius 3 is 2.79 bits per heavy atom. The van der Waals surface area contributed by atoms with E-state index in [1.54, 1.807) is 0 Å². The van der Waals surface area contributed by atoms with Crippen molar-refractivity contribution in [3.05, 3.63) is 29.7 Å². The Morgan fingerprint density at radius 2 is 2.08 bits per heavy atom. The number of oxazole rings is 1. The molecule has 1 fully saturated rings. The summed E-state index contributed by atoms with van der Waals surface area (Å²) in [5, 5.41) is 3.02. The molecule has 1 saturated heterocycles. The Balaban J connectivity index is 1.54. The maximum absolute atomic E-state index is 12.1. The van der Waals surface area contributed by atoms with E-state index in [1.807, 2.05) is 30.0 Å². The Hall–Kier alpha value is -2.08. The van der Waals surface area contributed by atoms with E-state index in [1.165, 1.54) is 5.56 Å². The lowest BCUT2D eigenvalue weighted by Crippen LogP contribution is -2.52. The zero-order chi connectivity index (χ0) is 17.1. The first kappa shape index (κ1) is 16.8. The number of aryl methyl sites for hydroxylation is 1. The van der Waals surface area contributed by atoms with Gasteiger partial charge in [-0.15, -0.1) is 0 Å². The number of piperazine rings is 1. The largest absolute Gasteiger partial charge is 0.439 e. The lowest BCUT2D eigenvalue weighted by Gasteiger charge is -2.34. The summed E-state index contributed by atoms with van der Waals surface area (Å²) in [7, 11) is 0. The minimum Gasteiger partial charge on any atom is -0.439 e. The van der Waals surface area contributed by atoms with Crippen LogP contribution in [0.1, 0.15) is 31.7 Å². The molecule has 1 aliphatic rings. The molecule has 1 aromatic carbocycles. The highest BCUT2D eigenvalue weighted by Crippen LogP contribution is 2.18. The van der Waals surface area contributed by atoms with E-state index >= 15 is 0 Å². The summed E-state index contributed by atoms with van der Waals surface area (Å²) < 4.78 is 5.82. The summed E-state index contributed by atoms with van der Waals surface area (Å²) >= 11 is 0. The first-order chi connectivity index (χ1) is 11.5. The number of carbonyl (C=O) groups is 1. The highest BCUT2D eigenvalue weighted by molar-refractivity contribution is 5.74. The van der Waals surface area contributed by atoms with Gasteiger partial charge in [0.25, 0.3) is 0 Å². The average Bonchev–Trinajstić information content (AvgIpc) is 2.96. The molecule has 0 aliphatic carbocycles. The van der Waals surface area contributed by atoms with E-state index in [-0.39, 0.29) is 12.1 Å². The molecule has 3 rings (SSSR count). The molecule has 0 unspecified atom stereocenters. The predicted molar refractivity (Wildman–Crippen MR) is 93.9 cm³/mol. The fourth-order valence-corrected chi connectivity index (χ4v) is 2.86. The molecule has 0 bridgehead atoms. The molecule has 0 spiro atoms.